The molecule has 0 saturated heterocycles. The zero-order valence-electron chi connectivity index (χ0n) is 9.57. The first-order valence-corrected chi connectivity index (χ1v) is 4.96. The summed E-state index contributed by atoms with van der Waals surface area (Å²) in [7, 11) is 1.25. The highest BCUT2D eigenvalue weighted by atomic mass is 16.5. The van der Waals surface area contributed by atoms with Crippen LogP contribution in [0.25, 0.3) is 0 Å². The van der Waals surface area contributed by atoms with Crippen LogP contribution in [0, 0.1) is 6.92 Å². The lowest BCUT2D eigenvalue weighted by Gasteiger charge is -2.03. The lowest BCUT2D eigenvalue weighted by Crippen LogP contribution is -2.18. The Morgan fingerprint density at radius 2 is 2.18 bits per heavy atom. The van der Waals surface area contributed by atoms with Gasteiger partial charge in [0.25, 0.3) is 5.56 Å². The highest BCUT2D eigenvalue weighted by molar-refractivity contribution is 5.91. The lowest BCUT2D eigenvalue weighted by atomic mass is 10.3. The Bertz CT molecular complexity index is 481. The van der Waals surface area contributed by atoms with E-state index in [-0.39, 0.29) is 24.2 Å². The van der Waals surface area contributed by atoms with Gasteiger partial charge in [0, 0.05) is 12.5 Å². The van der Waals surface area contributed by atoms with Crippen LogP contribution in [0.3, 0.4) is 0 Å². The Hall–Kier alpha value is -2.18. The number of aryl methyl sites for hydroxylation is 1. The van der Waals surface area contributed by atoms with E-state index >= 15 is 0 Å². The molecule has 0 aromatic carbocycles. The van der Waals surface area contributed by atoms with Crippen molar-refractivity contribution in [1.29, 1.82) is 0 Å². The average Bonchev–Trinajstić information content (AvgIpc) is 2.24. The smallest absolute Gasteiger partial charge is 0.306 e. The number of carbonyl (C=O) groups is 2. The van der Waals surface area contributed by atoms with Crippen molar-refractivity contribution in [2.24, 2.45) is 0 Å². The number of nitrogens with one attached hydrogen (secondary N) is 2. The molecule has 1 aromatic rings. The van der Waals surface area contributed by atoms with Gasteiger partial charge in [0.1, 0.15) is 11.6 Å². The van der Waals surface area contributed by atoms with Gasteiger partial charge in [0.15, 0.2) is 0 Å². The number of ether oxygens (including phenoxy) is 1. The number of aromatic amines is 1. The summed E-state index contributed by atoms with van der Waals surface area (Å²) >= 11 is 0. The molecule has 0 unspecified atom stereocenters. The van der Waals surface area contributed by atoms with Crippen LogP contribution in [0.2, 0.25) is 0 Å². The van der Waals surface area contributed by atoms with Crippen LogP contribution in [0.4, 0.5) is 5.82 Å². The van der Waals surface area contributed by atoms with Crippen molar-refractivity contribution in [3.8, 4) is 0 Å². The van der Waals surface area contributed by atoms with Gasteiger partial charge in [0.2, 0.25) is 5.91 Å². The molecule has 92 valence electrons. The van der Waals surface area contributed by atoms with Gasteiger partial charge in [-0.1, -0.05) is 0 Å². The molecule has 0 saturated carbocycles. The minimum atomic E-state index is -0.463. The minimum absolute atomic E-state index is 0.00942. The van der Waals surface area contributed by atoms with E-state index in [2.05, 4.69) is 20.0 Å². The predicted molar refractivity (Wildman–Crippen MR) is 59.5 cm³/mol. The second-order valence-corrected chi connectivity index (χ2v) is 3.34. The van der Waals surface area contributed by atoms with Gasteiger partial charge in [0.05, 0.1) is 13.5 Å². The number of anilines is 1. The highest BCUT2D eigenvalue weighted by Crippen LogP contribution is 2.01. The van der Waals surface area contributed by atoms with Gasteiger partial charge < -0.3 is 15.0 Å². The van der Waals surface area contributed by atoms with Crippen molar-refractivity contribution in [2.75, 3.05) is 12.4 Å². The first-order chi connectivity index (χ1) is 8.01. The molecule has 1 amide bonds. The van der Waals surface area contributed by atoms with Crippen LogP contribution in [0.15, 0.2) is 10.9 Å². The molecular weight excluding hydrogens is 226 g/mol. The molecule has 17 heavy (non-hydrogen) atoms. The highest BCUT2D eigenvalue weighted by Gasteiger charge is 2.08. The van der Waals surface area contributed by atoms with Crippen LogP contribution < -0.4 is 10.9 Å². The van der Waals surface area contributed by atoms with Crippen molar-refractivity contribution in [3.63, 3.8) is 0 Å². The van der Waals surface area contributed by atoms with E-state index in [4.69, 9.17) is 0 Å². The Kier molecular flexibility index (Phi) is 4.38. The fourth-order valence-electron chi connectivity index (χ4n) is 1.17. The number of methoxy groups -OCH3 is 1. The normalized spacial score (nSPS) is 9.76. The number of hydrogen-bond donors (Lipinski definition) is 2. The molecule has 0 bridgehead atoms. The fraction of sp³-hybridized carbons (Fsp3) is 0.400. The summed E-state index contributed by atoms with van der Waals surface area (Å²) in [4.78, 5) is 39.6. The minimum Gasteiger partial charge on any atom is -0.469 e. The largest absolute Gasteiger partial charge is 0.469 e. The molecule has 2 N–H and O–H groups in total. The fourth-order valence-corrected chi connectivity index (χ4v) is 1.17. The maximum Gasteiger partial charge on any atom is 0.306 e. The first kappa shape index (κ1) is 12.9. The number of aromatic nitrogens is 2. The molecule has 7 nitrogen and oxygen atoms in total. The number of rotatable bonds is 4. The quantitative estimate of drug-likeness (QED) is 0.718. The molecule has 1 rings (SSSR count). The number of carbonyl (C=O) groups excluding carboxylic acids is 2. The van der Waals surface area contributed by atoms with Crippen LogP contribution in [-0.2, 0) is 14.3 Å². The molecule has 0 fully saturated rings. The second kappa shape index (κ2) is 5.78. The molecule has 7 heteroatoms. The maximum atomic E-state index is 11.4. The van der Waals surface area contributed by atoms with Crippen LogP contribution >= 0.6 is 0 Å². The molecule has 0 aliphatic rings. The molecule has 0 radical (unpaired) electrons. The van der Waals surface area contributed by atoms with Gasteiger partial charge >= 0.3 is 5.97 Å². The van der Waals surface area contributed by atoms with E-state index in [9.17, 15) is 14.4 Å². The van der Waals surface area contributed by atoms with E-state index < -0.39 is 11.9 Å². The summed E-state index contributed by atoms with van der Waals surface area (Å²) in [6.45, 7) is 1.60. The lowest BCUT2D eigenvalue weighted by molar-refractivity contribution is -0.141. The Morgan fingerprint density at radius 3 is 2.76 bits per heavy atom. The zero-order chi connectivity index (χ0) is 12.8. The maximum absolute atomic E-state index is 11.4. The summed E-state index contributed by atoms with van der Waals surface area (Å²) < 4.78 is 4.40. The molecule has 1 heterocycles. The van der Waals surface area contributed by atoms with Crippen LogP contribution in [0.1, 0.15) is 18.7 Å². The monoisotopic (exact) mass is 239 g/mol. The zero-order valence-corrected chi connectivity index (χ0v) is 9.57. The summed E-state index contributed by atoms with van der Waals surface area (Å²) in [5.41, 5.74) is -0.347. The summed E-state index contributed by atoms with van der Waals surface area (Å²) in [6, 6.07) is 1.17. The third kappa shape index (κ3) is 4.45. The van der Waals surface area contributed by atoms with Crippen LogP contribution in [0.5, 0.6) is 0 Å². The Morgan fingerprint density at radius 1 is 1.47 bits per heavy atom. The molecular formula is C10H13N3O4. The topological polar surface area (TPSA) is 101 Å². The first-order valence-electron chi connectivity index (χ1n) is 4.96. The number of H-pyrrole nitrogens is 1. The van der Waals surface area contributed by atoms with Gasteiger partial charge in [-0.15, -0.1) is 0 Å². The van der Waals surface area contributed by atoms with Crippen molar-refractivity contribution in [1.82, 2.24) is 9.97 Å². The third-order valence-corrected chi connectivity index (χ3v) is 1.91. The predicted octanol–water partition coefficient (Wildman–Crippen LogP) is -0.0300. The van der Waals surface area contributed by atoms with E-state index in [0.717, 1.165) is 0 Å². The molecule has 0 aliphatic carbocycles. The second-order valence-electron chi connectivity index (χ2n) is 3.34. The van der Waals surface area contributed by atoms with E-state index in [1.807, 2.05) is 0 Å². The number of amides is 1. The molecule has 0 atom stereocenters. The van der Waals surface area contributed by atoms with Gasteiger partial charge in [-0.05, 0) is 6.92 Å². The molecule has 0 spiro atoms. The standard InChI is InChI=1S/C10H13N3O4/c1-6-11-7(5-9(15)12-6)13-8(14)3-4-10(16)17-2/h5H,3-4H2,1-2H3,(H2,11,12,13,14,15). The van der Waals surface area contributed by atoms with E-state index in [1.165, 1.54) is 13.2 Å². The SMILES string of the molecule is COC(=O)CCC(=O)Nc1cc(=O)[nH]c(C)n1. The number of esters is 1. The summed E-state index contributed by atoms with van der Waals surface area (Å²) in [6.07, 6.45) is -0.0231. The number of nitrogens with zero attached hydrogens (tertiary/aromatic N) is 1. The van der Waals surface area contributed by atoms with Crippen molar-refractivity contribution < 1.29 is 14.3 Å². The molecule has 1 aromatic heterocycles. The van der Waals surface area contributed by atoms with E-state index in [1.54, 1.807) is 6.92 Å². The summed E-state index contributed by atoms with van der Waals surface area (Å²) in [5.74, 6) is -0.287. The Labute approximate surface area is 97.2 Å². The molecule has 0 aliphatic heterocycles. The van der Waals surface area contributed by atoms with Gasteiger partial charge in [-0.2, -0.15) is 0 Å². The van der Waals surface area contributed by atoms with Gasteiger partial charge in [-0.25, -0.2) is 4.98 Å². The van der Waals surface area contributed by atoms with Crippen molar-refractivity contribution in [2.45, 2.75) is 19.8 Å². The number of hydrogen-bond acceptors (Lipinski definition) is 5. The summed E-state index contributed by atoms with van der Waals surface area (Å²) in [5, 5.41) is 2.43. The van der Waals surface area contributed by atoms with Crippen molar-refractivity contribution >= 4 is 17.7 Å². The van der Waals surface area contributed by atoms with Gasteiger partial charge in [-0.3, -0.25) is 14.4 Å². The average molecular weight is 239 g/mol. The van der Waals surface area contributed by atoms with E-state index in [0.29, 0.717) is 5.82 Å². The van der Waals surface area contributed by atoms with Crippen LogP contribution in [-0.4, -0.2) is 29.0 Å². The Balaban J connectivity index is 2.56. The van der Waals surface area contributed by atoms with Crippen molar-refractivity contribution in [3.05, 3.63) is 22.2 Å². The third-order valence-electron chi connectivity index (χ3n) is 1.91.